The summed E-state index contributed by atoms with van der Waals surface area (Å²) in [4.78, 5) is 21.0. The number of carbonyl (C=O) groups is 1. The molecule has 0 bridgehead atoms. The first-order valence-corrected chi connectivity index (χ1v) is 9.57. The maximum Gasteiger partial charge on any atom is 0.459 e. The van der Waals surface area contributed by atoms with Gasteiger partial charge in [0.2, 0.25) is 11.7 Å². The van der Waals surface area contributed by atoms with Gasteiger partial charge in [0.25, 0.3) is 5.91 Å². The number of halogens is 3. The average Bonchev–Trinajstić information content (AvgIpc) is 3.40. The highest BCUT2D eigenvalue weighted by atomic mass is 19.4. The number of rotatable bonds is 6. The topological polar surface area (TPSA) is 104 Å². The lowest BCUT2D eigenvalue weighted by atomic mass is 10.1. The van der Waals surface area contributed by atoms with E-state index in [4.69, 9.17) is 14.0 Å². The fraction of sp³-hybridized carbons (Fsp3) is 0.238. The number of alkyl halides is 3. The predicted molar refractivity (Wildman–Crippen MR) is 109 cm³/mol. The Morgan fingerprint density at radius 1 is 1.09 bits per heavy atom. The molecule has 4 aromatic rings. The third-order valence-electron chi connectivity index (χ3n) is 4.91. The molecule has 0 radical (unpaired) electrons. The van der Waals surface area contributed by atoms with Gasteiger partial charge < -0.3 is 14.0 Å². The second kappa shape index (κ2) is 8.20. The van der Waals surface area contributed by atoms with Crippen LogP contribution in [0.1, 0.15) is 16.2 Å². The molecule has 2 aromatic heterocycles. The van der Waals surface area contributed by atoms with Gasteiger partial charge in [-0.25, -0.2) is 4.57 Å². The van der Waals surface area contributed by atoms with E-state index >= 15 is 0 Å². The zero-order valence-electron chi connectivity index (χ0n) is 17.7. The number of fused-ring (bicyclic) bond motifs is 1. The van der Waals surface area contributed by atoms with Crippen LogP contribution in [0.4, 0.5) is 13.2 Å². The number of nitrogens with one attached hydrogen (secondary N) is 1. The van der Waals surface area contributed by atoms with Crippen LogP contribution >= 0.6 is 0 Å². The molecule has 1 unspecified atom stereocenters. The number of nitrogens with zero attached hydrogens (tertiary/aromatic N) is 4. The van der Waals surface area contributed by atoms with Crippen molar-refractivity contribution in [3.05, 3.63) is 60.0 Å². The van der Waals surface area contributed by atoms with Crippen molar-refractivity contribution in [2.45, 2.75) is 18.9 Å². The molecule has 0 spiro atoms. The van der Waals surface area contributed by atoms with Crippen molar-refractivity contribution >= 4 is 16.9 Å². The van der Waals surface area contributed by atoms with E-state index in [0.29, 0.717) is 16.0 Å². The number of hydrogen-bond donors (Lipinski definition) is 1. The van der Waals surface area contributed by atoms with Gasteiger partial charge in [-0.1, -0.05) is 23.4 Å². The van der Waals surface area contributed by atoms with E-state index in [9.17, 15) is 18.0 Å². The number of imidazole rings is 1. The Morgan fingerprint density at radius 3 is 2.39 bits per heavy atom. The first-order valence-electron chi connectivity index (χ1n) is 9.57. The number of hydrogen-bond acceptors (Lipinski definition) is 7. The number of benzene rings is 2. The van der Waals surface area contributed by atoms with Crippen molar-refractivity contribution in [3.63, 3.8) is 0 Å². The molecule has 0 fully saturated rings. The summed E-state index contributed by atoms with van der Waals surface area (Å²) < 4.78 is 59.3. The van der Waals surface area contributed by atoms with Crippen LogP contribution in [-0.2, 0) is 10.6 Å². The van der Waals surface area contributed by atoms with E-state index in [1.165, 1.54) is 42.5 Å². The quantitative estimate of drug-likeness (QED) is 0.437. The van der Waals surface area contributed by atoms with E-state index in [2.05, 4.69) is 15.1 Å². The zero-order chi connectivity index (χ0) is 23.8. The minimum absolute atomic E-state index is 0.0108. The fourth-order valence-corrected chi connectivity index (χ4v) is 3.38. The molecule has 172 valence electrons. The summed E-state index contributed by atoms with van der Waals surface area (Å²) >= 11 is 0. The van der Waals surface area contributed by atoms with E-state index in [1.54, 1.807) is 13.0 Å². The van der Waals surface area contributed by atoms with Gasteiger partial charge in [-0.2, -0.15) is 23.1 Å². The van der Waals surface area contributed by atoms with Crippen molar-refractivity contribution in [1.82, 2.24) is 25.0 Å². The highest BCUT2D eigenvalue weighted by Gasteiger charge is 2.61. The van der Waals surface area contributed by atoms with Crippen LogP contribution < -0.4 is 10.1 Å². The van der Waals surface area contributed by atoms with Crippen LogP contribution in [0.5, 0.6) is 6.01 Å². The summed E-state index contributed by atoms with van der Waals surface area (Å²) in [7, 11) is 2.00. The fourth-order valence-electron chi connectivity index (χ4n) is 3.38. The zero-order valence-corrected chi connectivity index (χ0v) is 17.7. The number of carbonyl (C=O) groups excluding carboxylic acids is 1. The standard InChI is InChI=1S/C21H18F3N5O4/c1-12-25-17(28-33-12)14-9-10-16-15(11-14)26-19(31-2)29(16)21(32-3,20(22,23)24)27-18(30)13-7-5-4-6-8-13/h4-11H,1-3H3,(H,27,30). The molecule has 1 atom stereocenters. The van der Waals surface area contributed by atoms with Gasteiger partial charge in [-0.3, -0.25) is 10.1 Å². The molecular weight excluding hydrogens is 443 g/mol. The van der Waals surface area contributed by atoms with Crippen LogP contribution in [-0.4, -0.2) is 46.0 Å². The Balaban J connectivity index is 1.89. The van der Waals surface area contributed by atoms with Crippen molar-refractivity contribution in [2.75, 3.05) is 14.2 Å². The van der Waals surface area contributed by atoms with Gasteiger partial charge in [-0.15, -0.1) is 0 Å². The molecule has 1 amide bonds. The summed E-state index contributed by atoms with van der Waals surface area (Å²) in [5.41, 5.74) is 0.603. The molecule has 0 aliphatic carbocycles. The SMILES string of the molecule is COc1nc2cc(-c3noc(C)n3)ccc2n1C(NC(=O)c1ccccc1)(OC)C(F)(F)F. The molecular formula is C21H18F3N5O4. The maximum atomic E-state index is 14.5. The third kappa shape index (κ3) is 3.78. The molecule has 2 aromatic carbocycles. The number of methoxy groups -OCH3 is 2. The number of ether oxygens (including phenoxy) is 2. The van der Waals surface area contributed by atoms with E-state index in [1.807, 2.05) is 5.32 Å². The van der Waals surface area contributed by atoms with Crippen LogP contribution in [0.15, 0.2) is 53.1 Å². The normalized spacial score (nSPS) is 13.6. The summed E-state index contributed by atoms with van der Waals surface area (Å²) in [6, 6.07) is 11.4. The average molecular weight is 461 g/mol. The van der Waals surface area contributed by atoms with Gasteiger partial charge >= 0.3 is 18.0 Å². The minimum atomic E-state index is -5.10. The second-order valence-corrected chi connectivity index (χ2v) is 6.94. The Morgan fingerprint density at radius 2 is 1.82 bits per heavy atom. The summed E-state index contributed by atoms with van der Waals surface area (Å²) in [6.45, 7) is 1.61. The lowest BCUT2D eigenvalue weighted by Gasteiger charge is -2.36. The number of aromatic nitrogens is 4. The van der Waals surface area contributed by atoms with E-state index < -0.39 is 23.9 Å². The van der Waals surface area contributed by atoms with Crippen molar-refractivity contribution in [2.24, 2.45) is 0 Å². The van der Waals surface area contributed by atoms with Gasteiger partial charge in [-0.05, 0) is 30.3 Å². The lowest BCUT2D eigenvalue weighted by Crippen LogP contribution is -2.61. The van der Waals surface area contributed by atoms with Gasteiger partial charge in [0.1, 0.15) is 0 Å². The summed E-state index contributed by atoms with van der Waals surface area (Å²) in [6.07, 6.45) is -5.10. The smallest absolute Gasteiger partial charge is 0.459 e. The Labute approximate surface area is 185 Å². The van der Waals surface area contributed by atoms with Crippen molar-refractivity contribution in [1.29, 1.82) is 0 Å². The van der Waals surface area contributed by atoms with Crippen LogP contribution in [0.25, 0.3) is 22.4 Å². The molecule has 0 aliphatic rings. The van der Waals surface area contributed by atoms with Crippen LogP contribution in [0.3, 0.4) is 0 Å². The molecule has 0 aliphatic heterocycles. The molecule has 2 heterocycles. The Kier molecular flexibility index (Phi) is 5.54. The van der Waals surface area contributed by atoms with Gasteiger partial charge in [0.15, 0.2) is 0 Å². The summed E-state index contributed by atoms with van der Waals surface area (Å²) in [5, 5.41) is 5.78. The predicted octanol–water partition coefficient (Wildman–Crippen LogP) is 3.65. The largest absolute Gasteiger partial charge is 0.468 e. The molecule has 12 heteroatoms. The van der Waals surface area contributed by atoms with Crippen molar-refractivity contribution in [3.8, 4) is 17.4 Å². The minimum Gasteiger partial charge on any atom is -0.468 e. The van der Waals surface area contributed by atoms with Gasteiger partial charge in [0.05, 0.1) is 18.1 Å². The molecule has 0 saturated heterocycles. The molecule has 33 heavy (non-hydrogen) atoms. The highest BCUT2D eigenvalue weighted by molar-refractivity contribution is 5.94. The van der Waals surface area contributed by atoms with Gasteiger partial charge in [0, 0.05) is 25.2 Å². The monoisotopic (exact) mass is 461 g/mol. The Hall–Kier alpha value is -3.93. The van der Waals surface area contributed by atoms with E-state index in [-0.39, 0.29) is 22.4 Å². The number of amides is 1. The summed E-state index contributed by atoms with van der Waals surface area (Å²) in [5.74, 6) is -3.75. The lowest BCUT2D eigenvalue weighted by molar-refractivity contribution is -0.317. The Bertz CT molecular complexity index is 1300. The highest BCUT2D eigenvalue weighted by Crippen LogP contribution is 2.41. The molecule has 4 rings (SSSR count). The number of aryl methyl sites for hydroxylation is 1. The van der Waals surface area contributed by atoms with E-state index in [0.717, 1.165) is 14.2 Å². The van der Waals surface area contributed by atoms with Crippen LogP contribution in [0.2, 0.25) is 0 Å². The third-order valence-corrected chi connectivity index (χ3v) is 4.91. The first-order chi connectivity index (χ1) is 15.7. The molecule has 0 saturated carbocycles. The molecule has 9 nitrogen and oxygen atoms in total. The van der Waals surface area contributed by atoms with Crippen molar-refractivity contribution < 1.29 is 32.0 Å². The molecule has 1 N–H and O–H groups in total. The second-order valence-electron chi connectivity index (χ2n) is 6.94. The van der Waals surface area contributed by atoms with Crippen LogP contribution in [0, 0.1) is 6.92 Å². The first kappa shape index (κ1) is 22.3. The maximum absolute atomic E-state index is 14.5.